The molecular weight excluding hydrogens is 318 g/mol. The lowest BCUT2D eigenvalue weighted by atomic mass is 10.0. The van der Waals surface area contributed by atoms with Crippen LogP contribution in [0.2, 0.25) is 0 Å². The van der Waals surface area contributed by atoms with E-state index in [9.17, 15) is 4.79 Å². The standard InChI is InChI=1S/C18H17N5O2/c24-17(13-8-19-20-9-13)21-15-6-4-11-7-12(3-5-14(11)15)16-22-18(25-23-16)10-1-2-10/h3,5,7-10,15H,1-2,4,6H2,(H,19,20)(H,21,24)/t15-/m1/s1. The summed E-state index contributed by atoms with van der Waals surface area (Å²) < 4.78 is 5.35. The number of hydrogen-bond donors (Lipinski definition) is 2. The summed E-state index contributed by atoms with van der Waals surface area (Å²) in [5, 5.41) is 13.7. The molecule has 1 fully saturated rings. The second-order valence-electron chi connectivity index (χ2n) is 6.70. The quantitative estimate of drug-likeness (QED) is 0.764. The molecule has 2 aliphatic carbocycles. The van der Waals surface area contributed by atoms with Crippen molar-refractivity contribution < 1.29 is 9.32 Å². The molecule has 2 aromatic heterocycles. The molecule has 2 N–H and O–H groups in total. The van der Waals surface area contributed by atoms with Crippen LogP contribution in [0.3, 0.4) is 0 Å². The average molecular weight is 335 g/mol. The number of amides is 1. The summed E-state index contributed by atoms with van der Waals surface area (Å²) in [6.45, 7) is 0. The van der Waals surface area contributed by atoms with Crippen molar-refractivity contribution in [3.63, 3.8) is 0 Å². The molecule has 7 heteroatoms. The fraction of sp³-hybridized carbons (Fsp3) is 0.333. The average Bonchev–Trinajstić information content (AvgIpc) is 3.08. The van der Waals surface area contributed by atoms with Crippen molar-refractivity contribution in [3.05, 3.63) is 53.2 Å². The van der Waals surface area contributed by atoms with E-state index in [1.54, 1.807) is 6.20 Å². The highest BCUT2D eigenvalue weighted by molar-refractivity contribution is 5.94. The molecule has 0 saturated heterocycles. The lowest BCUT2D eigenvalue weighted by molar-refractivity contribution is 0.0937. The molecule has 0 spiro atoms. The van der Waals surface area contributed by atoms with Crippen LogP contribution in [-0.4, -0.2) is 26.2 Å². The minimum absolute atomic E-state index is 0.0266. The minimum Gasteiger partial charge on any atom is -0.345 e. The maximum Gasteiger partial charge on any atom is 0.254 e. The molecule has 25 heavy (non-hydrogen) atoms. The first-order chi connectivity index (χ1) is 12.3. The molecule has 126 valence electrons. The van der Waals surface area contributed by atoms with Gasteiger partial charge in [0.1, 0.15) is 0 Å². The van der Waals surface area contributed by atoms with Gasteiger partial charge in [-0.05, 0) is 42.9 Å². The predicted molar refractivity (Wildman–Crippen MR) is 88.8 cm³/mol. The second-order valence-corrected chi connectivity index (χ2v) is 6.70. The number of carbonyl (C=O) groups is 1. The number of aromatic nitrogens is 4. The number of aryl methyl sites for hydroxylation is 1. The van der Waals surface area contributed by atoms with Crippen LogP contribution >= 0.6 is 0 Å². The number of aromatic amines is 1. The second kappa shape index (κ2) is 5.54. The maximum atomic E-state index is 12.2. The monoisotopic (exact) mass is 335 g/mol. The van der Waals surface area contributed by atoms with Crippen LogP contribution < -0.4 is 5.32 Å². The smallest absolute Gasteiger partial charge is 0.254 e. The Bertz CT molecular complexity index is 927. The fourth-order valence-corrected chi connectivity index (χ4v) is 3.37. The molecule has 2 aliphatic rings. The largest absolute Gasteiger partial charge is 0.345 e. The van der Waals surface area contributed by atoms with Gasteiger partial charge in [-0.15, -0.1) is 0 Å². The Morgan fingerprint density at radius 2 is 2.20 bits per heavy atom. The summed E-state index contributed by atoms with van der Waals surface area (Å²) in [5.41, 5.74) is 3.90. The van der Waals surface area contributed by atoms with Crippen LogP contribution in [0.4, 0.5) is 0 Å². The van der Waals surface area contributed by atoms with Gasteiger partial charge in [-0.25, -0.2) is 0 Å². The summed E-state index contributed by atoms with van der Waals surface area (Å²) >= 11 is 0. The number of carbonyl (C=O) groups excluding carboxylic acids is 1. The molecule has 0 bridgehead atoms. The number of hydrogen-bond acceptors (Lipinski definition) is 5. The molecule has 2 heterocycles. The molecule has 1 aromatic carbocycles. The van der Waals surface area contributed by atoms with Crippen molar-refractivity contribution in [3.8, 4) is 11.4 Å². The third-order valence-electron chi connectivity index (χ3n) is 4.91. The summed E-state index contributed by atoms with van der Waals surface area (Å²) in [5.74, 6) is 1.75. The highest BCUT2D eigenvalue weighted by Crippen LogP contribution is 2.40. The lowest BCUT2D eigenvalue weighted by Gasteiger charge is -2.13. The Labute approximate surface area is 143 Å². The van der Waals surface area contributed by atoms with Crippen LogP contribution in [0, 0.1) is 0 Å². The van der Waals surface area contributed by atoms with Crippen molar-refractivity contribution >= 4 is 5.91 Å². The van der Waals surface area contributed by atoms with E-state index in [4.69, 9.17) is 4.52 Å². The van der Waals surface area contributed by atoms with E-state index in [-0.39, 0.29) is 11.9 Å². The highest BCUT2D eigenvalue weighted by Gasteiger charge is 2.30. The molecule has 7 nitrogen and oxygen atoms in total. The Kier molecular flexibility index (Phi) is 3.19. The number of fused-ring (bicyclic) bond motifs is 1. The van der Waals surface area contributed by atoms with Crippen LogP contribution in [0.15, 0.2) is 35.1 Å². The maximum absolute atomic E-state index is 12.2. The number of nitrogens with zero attached hydrogens (tertiary/aromatic N) is 3. The third kappa shape index (κ3) is 2.61. The SMILES string of the molecule is O=C(N[C@@H]1CCc2cc(-c3noc(C4CC4)n3)ccc21)c1cn[nH]c1. The van der Waals surface area contributed by atoms with Gasteiger partial charge in [0, 0.05) is 17.7 Å². The number of benzene rings is 1. The summed E-state index contributed by atoms with van der Waals surface area (Å²) in [6, 6.07) is 6.20. The van der Waals surface area contributed by atoms with E-state index in [0.29, 0.717) is 17.3 Å². The number of H-pyrrole nitrogens is 1. The van der Waals surface area contributed by atoms with E-state index in [0.717, 1.165) is 42.7 Å². The van der Waals surface area contributed by atoms with Crippen molar-refractivity contribution in [1.29, 1.82) is 0 Å². The molecule has 1 amide bonds. The van der Waals surface area contributed by atoms with Crippen LogP contribution in [0.1, 0.15) is 58.6 Å². The Hall–Kier alpha value is -2.96. The van der Waals surface area contributed by atoms with E-state index in [1.807, 2.05) is 6.07 Å². The predicted octanol–water partition coefficient (Wildman–Crippen LogP) is 2.75. The zero-order valence-corrected chi connectivity index (χ0v) is 13.5. The van der Waals surface area contributed by atoms with Crippen LogP contribution in [0.5, 0.6) is 0 Å². The number of nitrogens with one attached hydrogen (secondary N) is 2. The normalized spacial score (nSPS) is 19.0. The van der Waals surface area contributed by atoms with Gasteiger partial charge in [0.25, 0.3) is 5.91 Å². The summed E-state index contributed by atoms with van der Waals surface area (Å²) in [4.78, 5) is 16.7. The van der Waals surface area contributed by atoms with Gasteiger partial charge in [-0.1, -0.05) is 17.3 Å². The van der Waals surface area contributed by atoms with Gasteiger partial charge in [-0.3, -0.25) is 9.89 Å². The van der Waals surface area contributed by atoms with Gasteiger partial charge in [-0.2, -0.15) is 10.1 Å². The number of rotatable bonds is 4. The lowest BCUT2D eigenvalue weighted by Crippen LogP contribution is -2.26. The van der Waals surface area contributed by atoms with Gasteiger partial charge in [0.2, 0.25) is 11.7 Å². The van der Waals surface area contributed by atoms with E-state index < -0.39 is 0 Å². The van der Waals surface area contributed by atoms with Gasteiger partial charge in [0.15, 0.2) is 0 Å². The van der Waals surface area contributed by atoms with E-state index in [2.05, 4.69) is 37.8 Å². The first kappa shape index (κ1) is 14.4. The molecule has 1 atom stereocenters. The molecule has 3 aromatic rings. The fourth-order valence-electron chi connectivity index (χ4n) is 3.37. The topological polar surface area (TPSA) is 96.7 Å². The first-order valence-electron chi connectivity index (χ1n) is 8.54. The third-order valence-corrected chi connectivity index (χ3v) is 4.91. The molecule has 0 aliphatic heterocycles. The zero-order valence-electron chi connectivity index (χ0n) is 13.5. The van der Waals surface area contributed by atoms with Crippen molar-refractivity contribution in [2.45, 2.75) is 37.6 Å². The highest BCUT2D eigenvalue weighted by atomic mass is 16.5. The zero-order chi connectivity index (χ0) is 16.8. The summed E-state index contributed by atoms with van der Waals surface area (Å²) in [6.07, 6.45) is 7.23. The van der Waals surface area contributed by atoms with Crippen molar-refractivity contribution in [1.82, 2.24) is 25.7 Å². The van der Waals surface area contributed by atoms with Crippen LogP contribution in [-0.2, 0) is 6.42 Å². The van der Waals surface area contributed by atoms with Crippen molar-refractivity contribution in [2.75, 3.05) is 0 Å². The molecule has 5 rings (SSSR count). The van der Waals surface area contributed by atoms with Gasteiger partial charge in [0.05, 0.1) is 17.8 Å². The molecule has 0 radical (unpaired) electrons. The van der Waals surface area contributed by atoms with Gasteiger partial charge < -0.3 is 9.84 Å². The van der Waals surface area contributed by atoms with Gasteiger partial charge >= 0.3 is 0 Å². The Morgan fingerprint density at radius 1 is 1.28 bits per heavy atom. The molecular formula is C18H17N5O2. The van der Waals surface area contributed by atoms with Crippen molar-refractivity contribution in [2.24, 2.45) is 0 Å². The Morgan fingerprint density at radius 3 is 3.00 bits per heavy atom. The van der Waals surface area contributed by atoms with Crippen LogP contribution in [0.25, 0.3) is 11.4 Å². The molecule has 1 saturated carbocycles. The van der Waals surface area contributed by atoms with E-state index in [1.165, 1.54) is 11.8 Å². The van der Waals surface area contributed by atoms with E-state index >= 15 is 0 Å². The minimum atomic E-state index is -0.108. The first-order valence-corrected chi connectivity index (χ1v) is 8.54. The summed E-state index contributed by atoms with van der Waals surface area (Å²) in [7, 11) is 0. The molecule has 0 unspecified atom stereocenters. The Balaban J connectivity index is 1.37.